The summed E-state index contributed by atoms with van der Waals surface area (Å²) in [4.78, 5) is 19.0. The fourth-order valence-corrected chi connectivity index (χ4v) is 5.22. The summed E-state index contributed by atoms with van der Waals surface area (Å²) in [6.07, 6.45) is 14.7. The molecule has 8 nitrogen and oxygen atoms in total. The zero-order valence-corrected chi connectivity index (χ0v) is 23.2. The van der Waals surface area contributed by atoms with Gasteiger partial charge < -0.3 is 15.4 Å². The van der Waals surface area contributed by atoms with Crippen LogP contribution in [0.25, 0.3) is 0 Å². The number of anilines is 1. The number of nitrogens with zero attached hydrogens (tertiary/aromatic N) is 5. The summed E-state index contributed by atoms with van der Waals surface area (Å²) in [6, 6.07) is 9.87. The highest BCUT2D eigenvalue weighted by atomic mass is 16.5. The van der Waals surface area contributed by atoms with E-state index in [0.717, 1.165) is 47.7 Å². The van der Waals surface area contributed by atoms with Crippen molar-refractivity contribution in [2.45, 2.75) is 40.0 Å². The number of hydrogen-bond donors (Lipinski definition) is 1. The summed E-state index contributed by atoms with van der Waals surface area (Å²) in [5.74, 6) is 3.86. The summed E-state index contributed by atoms with van der Waals surface area (Å²) >= 11 is 0. The minimum absolute atomic E-state index is 0.190. The number of hydrogen-bond acceptors (Lipinski definition) is 5. The Morgan fingerprint density at radius 1 is 1.23 bits per heavy atom. The fourth-order valence-electron chi connectivity index (χ4n) is 5.22. The number of benzene rings is 1. The van der Waals surface area contributed by atoms with Crippen molar-refractivity contribution < 1.29 is 18.8 Å². The Bertz CT molecular complexity index is 1410. The van der Waals surface area contributed by atoms with Crippen LogP contribution in [0, 0.1) is 17.8 Å². The number of amides is 1. The molecule has 1 aromatic carbocycles. The van der Waals surface area contributed by atoms with Crippen LogP contribution in [0.15, 0.2) is 77.4 Å². The van der Waals surface area contributed by atoms with Crippen LogP contribution in [0.1, 0.15) is 45.6 Å². The van der Waals surface area contributed by atoms with Gasteiger partial charge in [-0.15, -0.1) is 4.68 Å². The summed E-state index contributed by atoms with van der Waals surface area (Å²) in [6.45, 7) is 7.80. The molecule has 1 unspecified atom stereocenters. The zero-order chi connectivity index (χ0) is 27.5. The number of piperidine rings is 1. The van der Waals surface area contributed by atoms with Crippen LogP contribution in [-0.4, -0.2) is 45.5 Å². The van der Waals surface area contributed by atoms with Gasteiger partial charge in [-0.3, -0.25) is 4.79 Å². The molecule has 0 radical (unpaired) electrons. The number of ether oxygens (including phenoxy) is 1. The van der Waals surface area contributed by atoms with E-state index < -0.39 is 0 Å². The molecule has 3 heterocycles. The van der Waals surface area contributed by atoms with Crippen molar-refractivity contribution in [3.63, 3.8) is 0 Å². The van der Waals surface area contributed by atoms with Gasteiger partial charge in [0.15, 0.2) is 5.56 Å². The van der Waals surface area contributed by atoms with E-state index in [2.05, 4.69) is 38.3 Å². The number of nitrogens with two attached hydrogens (primary N) is 1. The van der Waals surface area contributed by atoms with E-state index in [1.165, 1.54) is 0 Å². The standard InChI is InChI=1S/C31H37N6O2/c1-5-27(38)36-17-9-10-23(18-36)19-37-31-28(30(32)35(4)20-33-31)29(34-37)24-14-13-21(2)22(3)26(16-15-24)39-25-11-7-6-8-12-25/h6-8,11-16,19-23,32H,5,9-10,17-18H2,1-4H3/q+1/p+1/b14-13-,24-15?,26-16?,37-19+/t21-,22+,23?/m1/s1. The number of nitrogen functional groups attached to an aromatic ring is 1. The molecule has 3 aliphatic rings. The molecule has 202 valence electrons. The Balaban J connectivity index is 1.54. The topological polar surface area (TPSA) is 87.7 Å². The van der Waals surface area contributed by atoms with E-state index in [4.69, 9.17) is 20.6 Å². The van der Waals surface area contributed by atoms with Crippen LogP contribution in [0.4, 0.5) is 11.6 Å². The van der Waals surface area contributed by atoms with Gasteiger partial charge in [-0.05, 0) is 43.0 Å². The van der Waals surface area contributed by atoms with Gasteiger partial charge in [-0.25, -0.2) is 4.57 Å². The average Bonchev–Trinajstić information content (AvgIpc) is 3.31. The van der Waals surface area contributed by atoms with Gasteiger partial charge in [0.25, 0.3) is 0 Å². The van der Waals surface area contributed by atoms with Crippen molar-refractivity contribution in [1.29, 1.82) is 0 Å². The van der Waals surface area contributed by atoms with Crippen molar-refractivity contribution >= 4 is 29.5 Å². The first-order valence-corrected chi connectivity index (χ1v) is 13.8. The minimum atomic E-state index is 0.190. The molecule has 1 saturated heterocycles. The third-order valence-electron chi connectivity index (χ3n) is 7.84. The van der Waals surface area contributed by atoms with E-state index in [-0.39, 0.29) is 23.7 Å². The molecule has 0 bridgehead atoms. The molecule has 1 fully saturated rings. The summed E-state index contributed by atoms with van der Waals surface area (Å²) in [5, 5.41) is 5.04. The molecular formula is C31H38N6O2+2. The molecule has 2 aliphatic heterocycles. The van der Waals surface area contributed by atoms with E-state index in [9.17, 15) is 4.79 Å². The van der Waals surface area contributed by atoms with Crippen LogP contribution >= 0.6 is 0 Å². The van der Waals surface area contributed by atoms with Gasteiger partial charge in [0.05, 0.1) is 7.05 Å². The number of carbonyl (C=O) groups is 1. The highest BCUT2D eigenvalue weighted by Gasteiger charge is 2.36. The smallest absolute Gasteiger partial charge is 0.332 e. The molecular weight excluding hydrogens is 488 g/mol. The second-order valence-corrected chi connectivity index (χ2v) is 10.6. The van der Waals surface area contributed by atoms with E-state index in [1.54, 1.807) is 6.33 Å². The highest BCUT2D eigenvalue weighted by molar-refractivity contribution is 6.19. The number of fused-ring (bicyclic) bond motifs is 1. The minimum Gasteiger partial charge on any atom is -0.461 e. The Morgan fingerprint density at radius 3 is 2.79 bits per heavy atom. The number of carbonyl (C=O) groups excluding carboxylic acids is 1. The summed E-state index contributed by atoms with van der Waals surface area (Å²) < 4.78 is 9.98. The number of rotatable bonds is 5. The SMILES string of the molecule is CCC(=O)N1CCCC(/C=[N+]2/N=C(C3=CC=C(Oc4ccccc4)[C@@H](C)[C@H](C)/C=C\3)c3c2nc[n+](C)c3N)C1. The molecule has 39 heavy (non-hydrogen) atoms. The van der Waals surface area contributed by atoms with Crippen LogP contribution in [-0.2, 0) is 11.8 Å². The van der Waals surface area contributed by atoms with Crippen LogP contribution in [0.2, 0.25) is 0 Å². The largest absolute Gasteiger partial charge is 0.461 e. The highest BCUT2D eigenvalue weighted by Crippen LogP contribution is 2.33. The van der Waals surface area contributed by atoms with Gasteiger partial charge in [0.2, 0.25) is 18.1 Å². The number of allylic oxidation sites excluding steroid dienone is 6. The summed E-state index contributed by atoms with van der Waals surface area (Å²) in [5.41, 5.74) is 9.13. The van der Waals surface area contributed by atoms with Crippen LogP contribution in [0.3, 0.4) is 0 Å². The van der Waals surface area contributed by atoms with Crippen LogP contribution in [0.5, 0.6) is 5.75 Å². The first kappa shape index (κ1) is 26.5. The van der Waals surface area contributed by atoms with Crippen molar-refractivity contribution in [2.75, 3.05) is 18.8 Å². The lowest BCUT2D eigenvalue weighted by Gasteiger charge is -2.30. The maximum Gasteiger partial charge on any atom is 0.332 e. The van der Waals surface area contributed by atoms with E-state index >= 15 is 0 Å². The average molecular weight is 527 g/mol. The Kier molecular flexibility index (Phi) is 7.72. The Labute approximate surface area is 230 Å². The predicted molar refractivity (Wildman–Crippen MR) is 153 cm³/mol. The van der Waals surface area contributed by atoms with Crippen molar-refractivity contribution in [3.05, 3.63) is 77.9 Å². The first-order chi connectivity index (χ1) is 18.9. The number of para-hydroxylation sites is 1. The number of likely N-dealkylation sites (tertiary alicyclic amines) is 1. The lowest BCUT2D eigenvalue weighted by Crippen LogP contribution is -2.40. The lowest BCUT2D eigenvalue weighted by molar-refractivity contribution is -0.660. The molecule has 8 heteroatoms. The maximum absolute atomic E-state index is 12.3. The molecule has 1 amide bonds. The quantitative estimate of drug-likeness (QED) is 0.589. The molecule has 5 rings (SSSR count). The molecule has 2 aromatic rings. The third kappa shape index (κ3) is 5.55. The molecule has 1 aliphatic carbocycles. The normalized spacial score (nSPS) is 24.7. The van der Waals surface area contributed by atoms with E-state index in [1.807, 2.05) is 64.5 Å². The fraction of sp³-hybridized carbons (Fsp3) is 0.387. The zero-order valence-electron chi connectivity index (χ0n) is 23.2. The first-order valence-electron chi connectivity index (χ1n) is 13.8. The van der Waals surface area contributed by atoms with E-state index in [0.29, 0.717) is 24.6 Å². The monoisotopic (exact) mass is 526 g/mol. The Hall–Kier alpha value is -4.07. The maximum atomic E-state index is 12.3. The van der Waals surface area contributed by atoms with Crippen molar-refractivity contribution in [3.8, 4) is 5.75 Å². The van der Waals surface area contributed by atoms with Gasteiger partial charge in [-0.1, -0.05) is 61.2 Å². The molecule has 0 saturated carbocycles. The Morgan fingerprint density at radius 2 is 2.03 bits per heavy atom. The molecule has 1 aromatic heterocycles. The molecule has 2 N–H and O–H groups in total. The predicted octanol–water partition coefficient (Wildman–Crippen LogP) is 4.30. The second kappa shape index (κ2) is 11.4. The van der Waals surface area contributed by atoms with Gasteiger partial charge in [0, 0.05) is 36.9 Å². The molecule has 0 spiro atoms. The summed E-state index contributed by atoms with van der Waals surface area (Å²) in [7, 11) is 1.89. The lowest BCUT2D eigenvalue weighted by atomic mass is 9.89. The number of aryl methyl sites for hydroxylation is 1. The number of hydrazone groups is 1. The van der Waals surface area contributed by atoms with Gasteiger partial charge in [0.1, 0.15) is 23.4 Å². The third-order valence-corrected chi connectivity index (χ3v) is 7.84. The van der Waals surface area contributed by atoms with Crippen molar-refractivity contribution in [2.24, 2.45) is 29.9 Å². The number of aromatic nitrogens is 2. The van der Waals surface area contributed by atoms with Gasteiger partial charge >= 0.3 is 5.82 Å². The van der Waals surface area contributed by atoms with Crippen molar-refractivity contribution in [1.82, 2.24) is 9.88 Å². The second-order valence-electron chi connectivity index (χ2n) is 10.6. The molecule has 3 atom stereocenters. The van der Waals surface area contributed by atoms with Gasteiger partial charge in [-0.2, -0.15) is 0 Å². The van der Waals surface area contributed by atoms with Crippen LogP contribution < -0.4 is 15.0 Å².